The van der Waals surface area contributed by atoms with Crippen LogP contribution in [0.25, 0.3) is 0 Å². The van der Waals surface area contributed by atoms with Crippen LogP contribution in [-0.2, 0) is 20.7 Å². The molecule has 1 saturated heterocycles. The molecule has 2 aromatic rings. The molecule has 3 aliphatic rings. The van der Waals surface area contributed by atoms with E-state index in [1.807, 2.05) is 24.3 Å². The average Bonchev–Trinajstić information content (AvgIpc) is 3.28. The van der Waals surface area contributed by atoms with E-state index in [9.17, 15) is 14.4 Å². The second kappa shape index (κ2) is 8.06. The number of benzene rings is 2. The summed E-state index contributed by atoms with van der Waals surface area (Å²) in [4.78, 5) is 39.3. The van der Waals surface area contributed by atoms with Crippen molar-refractivity contribution in [1.29, 1.82) is 0 Å². The van der Waals surface area contributed by atoms with Gasteiger partial charge >= 0.3 is 5.97 Å². The number of anilines is 2. The van der Waals surface area contributed by atoms with Crippen LogP contribution in [0.2, 0.25) is 0 Å². The average molecular weight is 419 g/mol. The molecule has 7 heteroatoms. The SMILES string of the molecule is O=C(COC(=O)c1ccc2c(c1)NC(=O)[C@@H]1CCCN21)N[C@H]1CCCc2ccccc21. The molecular weight excluding hydrogens is 394 g/mol. The number of esters is 1. The molecule has 160 valence electrons. The van der Waals surface area contributed by atoms with Crippen molar-refractivity contribution in [3.05, 3.63) is 59.2 Å². The Bertz CT molecular complexity index is 1050. The van der Waals surface area contributed by atoms with E-state index in [0.29, 0.717) is 11.3 Å². The van der Waals surface area contributed by atoms with E-state index < -0.39 is 5.97 Å². The van der Waals surface area contributed by atoms with Gasteiger partial charge in [-0.25, -0.2) is 4.79 Å². The lowest BCUT2D eigenvalue weighted by atomic mass is 9.88. The highest BCUT2D eigenvalue weighted by Gasteiger charge is 2.36. The van der Waals surface area contributed by atoms with Crippen LogP contribution in [0.4, 0.5) is 11.4 Å². The molecule has 2 aromatic carbocycles. The quantitative estimate of drug-likeness (QED) is 0.744. The fourth-order valence-electron chi connectivity index (χ4n) is 4.91. The molecule has 1 aliphatic carbocycles. The number of nitrogens with one attached hydrogen (secondary N) is 2. The zero-order chi connectivity index (χ0) is 21.4. The van der Waals surface area contributed by atoms with Gasteiger partial charge in [0.15, 0.2) is 6.61 Å². The van der Waals surface area contributed by atoms with Crippen LogP contribution in [0.15, 0.2) is 42.5 Å². The minimum Gasteiger partial charge on any atom is -0.452 e. The van der Waals surface area contributed by atoms with Gasteiger partial charge in [0.25, 0.3) is 5.91 Å². The molecule has 0 unspecified atom stereocenters. The molecule has 0 spiro atoms. The molecule has 0 saturated carbocycles. The van der Waals surface area contributed by atoms with Gasteiger partial charge < -0.3 is 20.3 Å². The van der Waals surface area contributed by atoms with Gasteiger partial charge in [-0.2, -0.15) is 0 Å². The number of rotatable bonds is 4. The third-order valence-corrected chi connectivity index (χ3v) is 6.39. The molecule has 7 nitrogen and oxygen atoms in total. The van der Waals surface area contributed by atoms with E-state index in [1.54, 1.807) is 12.1 Å². The smallest absolute Gasteiger partial charge is 0.338 e. The highest BCUT2D eigenvalue weighted by atomic mass is 16.5. The third-order valence-electron chi connectivity index (χ3n) is 6.39. The monoisotopic (exact) mass is 419 g/mol. The van der Waals surface area contributed by atoms with E-state index in [4.69, 9.17) is 4.74 Å². The van der Waals surface area contributed by atoms with Gasteiger partial charge in [-0.15, -0.1) is 0 Å². The number of ether oxygens (including phenoxy) is 1. The summed E-state index contributed by atoms with van der Waals surface area (Å²) in [5, 5.41) is 5.87. The Balaban J connectivity index is 1.21. The van der Waals surface area contributed by atoms with E-state index in [0.717, 1.165) is 49.9 Å². The van der Waals surface area contributed by atoms with Crippen LogP contribution in [-0.4, -0.2) is 37.0 Å². The van der Waals surface area contributed by atoms with Crippen molar-refractivity contribution in [2.45, 2.75) is 44.2 Å². The van der Waals surface area contributed by atoms with Crippen molar-refractivity contribution in [3.63, 3.8) is 0 Å². The van der Waals surface area contributed by atoms with Crippen LogP contribution >= 0.6 is 0 Å². The number of fused-ring (bicyclic) bond motifs is 4. The molecule has 31 heavy (non-hydrogen) atoms. The van der Waals surface area contributed by atoms with Crippen LogP contribution in [0, 0.1) is 0 Å². The van der Waals surface area contributed by atoms with Crippen molar-refractivity contribution in [3.8, 4) is 0 Å². The Kier molecular flexibility index (Phi) is 5.10. The first-order chi connectivity index (χ1) is 15.1. The van der Waals surface area contributed by atoms with Crippen LogP contribution < -0.4 is 15.5 Å². The fraction of sp³-hybridized carbons (Fsp3) is 0.375. The van der Waals surface area contributed by atoms with E-state index in [-0.39, 0.29) is 30.5 Å². The molecule has 2 N–H and O–H groups in total. The fourth-order valence-corrected chi connectivity index (χ4v) is 4.91. The first-order valence-corrected chi connectivity index (χ1v) is 10.9. The number of aryl methyl sites for hydroxylation is 1. The maximum Gasteiger partial charge on any atom is 0.338 e. The van der Waals surface area contributed by atoms with Crippen LogP contribution in [0.1, 0.15) is 53.2 Å². The third kappa shape index (κ3) is 3.76. The minimum absolute atomic E-state index is 0.0392. The van der Waals surface area contributed by atoms with Crippen molar-refractivity contribution in [1.82, 2.24) is 5.32 Å². The molecule has 0 radical (unpaired) electrons. The first kappa shape index (κ1) is 19.6. The number of nitrogens with zero attached hydrogens (tertiary/aromatic N) is 1. The zero-order valence-electron chi connectivity index (χ0n) is 17.2. The Morgan fingerprint density at radius 1 is 1.13 bits per heavy atom. The molecule has 2 amide bonds. The van der Waals surface area contributed by atoms with Crippen molar-refractivity contribution >= 4 is 29.2 Å². The van der Waals surface area contributed by atoms with Crippen LogP contribution in [0.5, 0.6) is 0 Å². The van der Waals surface area contributed by atoms with Gasteiger partial charge in [-0.1, -0.05) is 24.3 Å². The van der Waals surface area contributed by atoms with E-state index in [1.165, 1.54) is 5.56 Å². The number of carbonyl (C=O) groups excluding carboxylic acids is 3. The summed E-state index contributed by atoms with van der Waals surface area (Å²) < 4.78 is 5.25. The summed E-state index contributed by atoms with van der Waals surface area (Å²) in [6.07, 6.45) is 4.72. The zero-order valence-corrected chi connectivity index (χ0v) is 17.2. The molecule has 2 heterocycles. The number of hydrogen-bond donors (Lipinski definition) is 2. The van der Waals surface area contributed by atoms with Crippen molar-refractivity contribution in [2.24, 2.45) is 0 Å². The normalized spacial score (nSPS) is 21.4. The number of carbonyl (C=O) groups is 3. The highest BCUT2D eigenvalue weighted by molar-refractivity contribution is 6.05. The Morgan fingerprint density at radius 2 is 2.00 bits per heavy atom. The maximum absolute atomic E-state index is 12.5. The second-order valence-electron chi connectivity index (χ2n) is 8.36. The minimum atomic E-state index is -0.584. The number of amides is 2. The topological polar surface area (TPSA) is 87.7 Å². The largest absolute Gasteiger partial charge is 0.452 e. The molecule has 2 aliphatic heterocycles. The van der Waals surface area contributed by atoms with Gasteiger partial charge in [-0.3, -0.25) is 9.59 Å². The van der Waals surface area contributed by atoms with Gasteiger partial charge in [-0.05, 0) is 61.4 Å². The summed E-state index contributed by atoms with van der Waals surface area (Å²) in [5.41, 5.74) is 4.24. The predicted octanol–water partition coefficient (Wildman–Crippen LogP) is 2.96. The molecule has 2 atom stereocenters. The lowest BCUT2D eigenvalue weighted by Gasteiger charge is -2.33. The van der Waals surface area contributed by atoms with Gasteiger partial charge in [0.05, 0.1) is 23.0 Å². The Morgan fingerprint density at radius 3 is 2.90 bits per heavy atom. The molecule has 0 aromatic heterocycles. The van der Waals surface area contributed by atoms with Gasteiger partial charge in [0.2, 0.25) is 5.91 Å². The maximum atomic E-state index is 12.5. The van der Waals surface area contributed by atoms with Gasteiger partial charge in [0, 0.05) is 6.54 Å². The molecule has 0 bridgehead atoms. The summed E-state index contributed by atoms with van der Waals surface area (Å²) in [5.74, 6) is -0.941. The lowest BCUT2D eigenvalue weighted by Crippen LogP contribution is -2.43. The summed E-state index contributed by atoms with van der Waals surface area (Å²) in [7, 11) is 0. The Labute approximate surface area is 180 Å². The number of hydrogen-bond acceptors (Lipinski definition) is 5. The summed E-state index contributed by atoms with van der Waals surface area (Å²) in [6, 6.07) is 13.1. The Hall–Kier alpha value is -3.35. The lowest BCUT2D eigenvalue weighted by molar-refractivity contribution is -0.125. The standard InChI is InChI=1S/C24H25N3O4/c28-22(25-18-8-3-6-15-5-1-2-7-17(15)18)14-31-24(30)16-10-11-20-19(13-16)26-23(29)21-9-4-12-27(20)21/h1-2,5,7,10-11,13,18,21H,3-4,6,8-9,12,14H2,(H,25,28)(H,26,29)/t18-,21-/m0/s1. The highest BCUT2D eigenvalue weighted by Crippen LogP contribution is 2.37. The van der Waals surface area contributed by atoms with E-state index >= 15 is 0 Å². The van der Waals surface area contributed by atoms with Crippen LogP contribution in [0.3, 0.4) is 0 Å². The predicted molar refractivity (Wildman–Crippen MR) is 116 cm³/mol. The van der Waals surface area contributed by atoms with Gasteiger partial charge in [0.1, 0.15) is 6.04 Å². The van der Waals surface area contributed by atoms with E-state index in [2.05, 4.69) is 21.6 Å². The summed E-state index contributed by atoms with van der Waals surface area (Å²) >= 11 is 0. The van der Waals surface area contributed by atoms with Crippen molar-refractivity contribution in [2.75, 3.05) is 23.4 Å². The second-order valence-corrected chi connectivity index (χ2v) is 8.36. The summed E-state index contributed by atoms with van der Waals surface area (Å²) in [6.45, 7) is 0.495. The molecular formula is C24H25N3O4. The molecule has 5 rings (SSSR count). The molecule has 1 fully saturated rings. The first-order valence-electron chi connectivity index (χ1n) is 10.9. The van der Waals surface area contributed by atoms with Crippen molar-refractivity contribution < 1.29 is 19.1 Å².